The molecule has 0 unspecified atom stereocenters. The average Bonchev–Trinajstić information content (AvgIpc) is 3.41. The molecule has 2 N–H and O–H groups in total. The molecule has 0 bridgehead atoms. The normalized spacial score (nSPS) is 15.7. The fourth-order valence-corrected chi connectivity index (χ4v) is 3.78. The molecule has 3 aromatic rings. The monoisotopic (exact) mass is 525 g/mol. The van der Waals surface area contributed by atoms with Gasteiger partial charge in [0.15, 0.2) is 11.5 Å². The second-order valence-electron chi connectivity index (χ2n) is 8.17. The van der Waals surface area contributed by atoms with Gasteiger partial charge < -0.3 is 33.3 Å². The molecule has 2 heterocycles. The molecule has 186 valence electrons. The summed E-state index contributed by atoms with van der Waals surface area (Å²) in [6.45, 7) is 0.812. The molecule has 1 aromatic heterocycles. The van der Waals surface area contributed by atoms with E-state index < -0.39 is 28.5 Å². The van der Waals surface area contributed by atoms with Gasteiger partial charge in [0.2, 0.25) is 0 Å². The molecule has 0 fully saturated rings. The van der Waals surface area contributed by atoms with Gasteiger partial charge in [-0.25, -0.2) is 4.98 Å². The molecule has 0 amide bonds. The fourth-order valence-electron chi connectivity index (χ4n) is 3.58. The SMILES string of the molecule is CN(C)CCc1cn([C@@H](c2ccc([O-])c(O)c2)[C@H]2Oc3ccc(/C=C\OS(=O)(=O)O)cc3O2)cn1.[Na+]. The summed E-state index contributed by atoms with van der Waals surface area (Å²) in [6.07, 6.45) is 5.56. The third kappa shape index (κ3) is 6.93. The Balaban J connectivity index is 0.00000361. The zero-order valence-corrected chi connectivity index (χ0v) is 22.8. The summed E-state index contributed by atoms with van der Waals surface area (Å²) in [4.78, 5) is 6.52. The Morgan fingerprint density at radius 3 is 2.67 bits per heavy atom. The zero-order chi connectivity index (χ0) is 25.2. The number of nitrogens with zero attached hydrogens (tertiary/aromatic N) is 3. The number of fused-ring (bicyclic) bond motifs is 1. The van der Waals surface area contributed by atoms with Gasteiger partial charge in [0.25, 0.3) is 6.29 Å². The average molecular weight is 526 g/mol. The van der Waals surface area contributed by atoms with Crippen LogP contribution in [0, 0.1) is 0 Å². The van der Waals surface area contributed by atoms with E-state index in [1.165, 1.54) is 18.2 Å². The number of aromatic nitrogens is 2. The first-order valence-electron chi connectivity index (χ1n) is 10.6. The van der Waals surface area contributed by atoms with Gasteiger partial charge in [-0.05, 0) is 49.5 Å². The molecule has 0 radical (unpaired) electrons. The Morgan fingerprint density at radius 2 is 1.97 bits per heavy atom. The van der Waals surface area contributed by atoms with Crippen LogP contribution in [-0.4, -0.2) is 59.5 Å². The summed E-state index contributed by atoms with van der Waals surface area (Å²) >= 11 is 0. The number of hydrogen-bond acceptors (Lipinski definition) is 9. The summed E-state index contributed by atoms with van der Waals surface area (Å²) in [6, 6.07) is 8.58. The number of aromatic hydroxyl groups is 1. The fraction of sp³-hybridized carbons (Fsp3) is 0.261. The number of ether oxygens (including phenoxy) is 2. The zero-order valence-electron chi connectivity index (χ0n) is 19.9. The molecule has 1 aliphatic rings. The van der Waals surface area contributed by atoms with Crippen molar-refractivity contribution in [1.82, 2.24) is 14.5 Å². The maximum atomic E-state index is 11.8. The summed E-state index contributed by atoms with van der Waals surface area (Å²) in [5.74, 6) is -0.0378. The van der Waals surface area contributed by atoms with Crippen LogP contribution in [0.2, 0.25) is 0 Å². The number of imidazole rings is 1. The Hall–Kier alpha value is -2.74. The number of likely N-dealkylation sites (N-methyl/N-ethyl adjacent to an activating group) is 1. The molecule has 0 spiro atoms. The molecule has 4 rings (SSSR count). The van der Waals surface area contributed by atoms with E-state index in [1.807, 2.05) is 29.8 Å². The first-order chi connectivity index (χ1) is 16.6. The Morgan fingerprint density at radius 1 is 1.22 bits per heavy atom. The van der Waals surface area contributed by atoms with Gasteiger partial charge in [0, 0.05) is 19.2 Å². The molecule has 0 aliphatic carbocycles. The molecule has 0 saturated carbocycles. The van der Waals surface area contributed by atoms with Crippen molar-refractivity contribution in [2.24, 2.45) is 0 Å². The number of benzene rings is 2. The van der Waals surface area contributed by atoms with Gasteiger partial charge in [-0.2, -0.15) is 8.42 Å². The predicted octanol–water partition coefficient (Wildman–Crippen LogP) is -1.05. The Kier molecular flexibility index (Phi) is 8.93. The summed E-state index contributed by atoms with van der Waals surface area (Å²) < 4.78 is 48.2. The third-order valence-corrected chi connectivity index (χ3v) is 5.62. The van der Waals surface area contributed by atoms with Crippen LogP contribution in [0.25, 0.3) is 6.08 Å². The van der Waals surface area contributed by atoms with Gasteiger partial charge in [-0.15, -0.1) is 0 Å². The molecule has 11 nitrogen and oxygen atoms in total. The van der Waals surface area contributed by atoms with E-state index in [1.54, 1.807) is 30.6 Å². The van der Waals surface area contributed by atoms with Crippen molar-refractivity contribution < 1.29 is 66.4 Å². The molecule has 36 heavy (non-hydrogen) atoms. The van der Waals surface area contributed by atoms with Crippen LogP contribution < -0.4 is 44.1 Å². The minimum Gasteiger partial charge on any atom is -0.870 e. The number of hydrogen-bond donors (Lipinski definition) is 2. The van der Waals surface area contributed by atoms with Gasteiger partial charge >= 0.3 is 40.0 Å². The standard InChI is InChI=1S/C23H25N3O8S.Na/c1-25(2)9-7-17-13-26(14-24-17)22(16-4-5-18(27)19(28)12-16)23-33-20-6-3-15(11-21(20)34-23)8-10-32-35(29,30)31;/h3-6,8,10-14,22-23,27-28H,7,9H2,1-2H3,(H,29,30,31);/q;+1/p-1/b10-8-;/t22-,23-;/m0./s1. The molecule has 2 aromatic carbocycles. The molecule has 0 saturated heterocycles. The van der Waals surface area contributed by atoms with Crippen molar-refractivity contribution >= 4 is 16.5 Å². The van der Waals surface area contributed by atoms with Crippen LogP contribution in [-0.2, 0) is 21.0 Å². The van der Waals surface area contributed by atoms with Crippen molar-refractivity contribution in [3.8, 4) is 23.0 Å². The molecular formula is C23H24N3NaO8S. The van der Waals surface area contributed by atoms with Crippen molar-refractivity contribution in [3.63, 3.8) is 0 Å². The molecule has 2 atom stereocenters. The summed E-state index contributed by atoms with van der Waals surface area (Å²) in [7, 11) is -0.648. The summed E-state index contributed by atoms with van der Waals surface area (Å²) in [5, 5.41) is 21.8. The Bertz CT molecular complexity index is 1340. The van der Waals surface area contributed by atoms with E-state index in [2.05, 4.69) is 9.17 Å². The molecular weight excluding hydrogens is 501 g/mol. The first-order valence-corrected chi connectivity index (χ1v) is 11.9. The van der Waals surface area contributed by atoms with Gasteiger partial charge in [0.05, 0.1) is 12.0 Å². The van der Waals surface area contributed by atoms with Crippen LogP contribution in [0.4, 0.5) is 0 Å². The van der Waals surface area contributed by atoms with Gasteiger partial charge in [-0.1, -0.05) is 23.9 Å². The van der Waals surface area contributed by atoms with Gasteiger partial charge in [-0.3, -0.25) is 4.55 Å². The largest absolute Gasteiger partial charge is 1.00 e. The van der Waals surface area contributed by atoms with Crippen molar-refractivity contribution in [2.45, 2.75) is 18.8 Å². The maximum absolute atomic E-state index is 11.8. The van der Waals surface area contributed by atoms with E-state index in [0.717, 1.165) is 24.9 Å². The number of rotatable bonds is 9. The van der Waals surface area contributed by atoms with Crippen molar-refractivity contribution in [1.29, 1.82) is 0 Å². The van der Waals surface area contributed by atoms with Crippen LogP contribution in [0.15, 0.2) is 55.2 Å². The van der Waals surface area contributed by atoms with E-state index in [0.29, 0.717) is 22.6 Å². The van der Waals surface area contributed by atoms with Crippen LogP contribution >= 0.6 is 0 Å². The molecule has 13 heteroatoms. The van der Waals surface area contributed by atoms with Crippen LogP contribution in [0.5, 0.6) is 23.0 Å². The third-order valence-electron chi connectivity index (χ3n) is 5.27. The predicted molar refractivity (Wildman–Crippen MR) is 123 cm³/mol. The van der Waals surface area contributed by atoms with E-state index in [9.17, 15) is 18.6 Å². The second-order valence-corrected chi connectivity index (χ2v) is 9.22. The number of phenols is 1. The number of phenolic OH excluding ortho intramolecular Hbond substituents is 1. The molecule has 1 aliphatic heterocycles. The van der Waals surface area contributed by atoms with Crippen LogP contribution in [0.1, 0.15) is 22.9 Å². The quantitative estimate of drug-likeness (QED) is 0.202. The minimum atomic E-state index is -4.60. The smallest absolute Gasteiger partial charge is 0.870 e. The minimum absolute atomic E-state index is 0. The van der Waals surface area contributed by atoms with E-state index in [-0.39, 0.29) is 35.3 Å². The van der Waals surface area contributed by atoms with Crippen LogP contribution in [0.3, 0.4) is 0 Å². The van der Waals surface area contributed by atoms with E-state index in [4.69, 9.17) is 14.0 Å². The first kappa shape index (κ1) is 27.8. The second kappa shape index (κ2) is 11.5. The Labute approximate surface area is 230 Å². The summed E-state index contributed by atoms with van der Waals surface area (Å²) in [5.41, 5.74) is 1.98. The van der Waals surface area contributed by atoms with Crippen molar-refractivity contribution in [2.75, 3.05) is 20.6 Å². The topological polar surface area (TPSA) is 146 Å². The van der Waals surface area contributed by atoms with Gasteiger partial charge in [0.1, 0.15) is 18.1 Å². The maximum Gasteiger partial charge on any atom is 1.00 e. The van der Waals surface area contributed by atoms with Crippen molar-refractivity contribution in [3.05, 3.63) is 72.0 Å². The van der Waals surface area contributed by atoms with E-state index >= 15 is 0 Å².